The van der Waals surface area contributed by atoms with Gasteiger partial charge in [0.15, 0.2) is 0 Å². The van der Waals surface area contributed by atoms with Crippen LogP contribution >= 0.6 is 0 Å². The number of hydrogen-bond donors (Lipinski definition) is 2. The molecule has 2 aromatic carbocycles. The second-order valence-electron chi connectivity index (χ2n) is 7.45. The van der Waals surface area contributed by atoms with Crippen LogP contribution in [0.4, 0.5) is 5.69 Å². The molecule has 0 saturated carbocycles. The highest BCUT2D eigenvalue weighted by Gasteiger charge is 2.27. The molecular formula is C23H30N4O4S. The fourth-order valence-corrected chi connectivity index (χ4v) is 4.30. The number of amides is 2. The minimum atomic E-state index is -3.98. The van der Waals surface area contributed by atoms with Gasteiger partial charge >= 0.3 is 0 Å². The Morgan fingerprint density at radius 3 is 2.25 bits per heavy atom. The van der Waals surface area contributed by atoms with E-state index < -0.39 is 15.9 Å². The molecule has 32 heavy (non-hydrogen) atoms. The Labute approximate surface area is 189 Å². The summed E-state index contributed by atoms with van der Waals surface area (Å²) >= 11 is 0. The summed E-state index contributed by atoms with van der Waals surface area (Å²) in [7, 11) is -3.98. The average Bonchev–Trinajstić information content (AvgIpc) is 2.76. The van der Waals surface area contributed by atoms with Crippen molar-refractivity contribution in [2.24, 2.45) is 5.10 Å². The monoisotopic (exact) mass is 458 g/mol. The van der Waals surface area contributed by atoms with Gasteiger partial charge in [-0.3, -0.25) is 9.59 Å². The molecule has 0 aliphatic rings. The summed E-state index contributed by atoms with van der Waals surface area (Å²) in [6.45, 7) is 4.92. The topological polar surface area (TPSA) is 108 Å². The number of nitrogens with zero attached hydrogens (tertiary/aromatic N) is 2. The van der Waals surface area contributed by atoms with Crippen molar-refractivity contribution in [3.63, 3.8) is 0 Å². The number of sulfonamides is 1. The van der Waals surface area contributed by atoms with E-state index in [-0.39, 0.29) is 23.9 Å². The van der Waals surface area contributed by atoms with E-state index in [0.717, 1.165) is 34.8 Å². The zero-order valence-electron chi connectivity index (χ0n) is 18.7. The van der Waals surface area contributed by atoms with E-state index in [1.807, 2.05) is 25.1 Å². The normalized spacial score (nSPS) is 11.9. The van der Waals surface area contributed by atoms with Crippen molar-refractivity contribution in [1.29, 1.82) is 0 Å². The van der Waals surface area contributed by atoms with Crippen molar-refractivity contribution < 1.29 is 18.0 Å². The third-order valence-corrected chi connectivity index (χ3v) is 6.40. The van der Waals surface area contributed by atoms with Crippen LogP contribution in [0.25, 0.3) is 0 Å². The quantitative estimate of drug-likeness (QED) is 0.397. The molecular weight excluding hydrogens is 428 g/mol. The molecule has 0 fully saturated rings. The Morgan fingerprint density at radius 2 is 1.66 bits per heavy atom. The van der Waals surface area contributed by atoms with Crippen molar-refractivity contribution in [3.8, 4) is 0 Å². The Bertz CT molecular complexity index is 1040. The number of benzene rings is 2. The lowest BCUT2D eigenvalue weighted by Crippen LogP contribution is -2.39. The van der Waals surface area contributed by atoms with Crippen LogP contribution < -0.4 is 10.7 Å². The third-order valence-electron chi connectivity index (χ3n) is 4.60. The highest BCUT2D eigenvalue weighted by atomic mass is 32.2. The molecule has 172 valence electrons. The van der Waals surface area contributed by atoms with E-state index in [0.29, 0.717) is 5.69 Å². The number of carbonyl (C=O) groups excluding carboxylic acids is 2. The molecule has 2 rings (SSSR count). The smallest absolute Gasteiger partial charge is 0.255 e. The number of anilines is 1. The van der Waals surface area contributed by atoms with Crippen molar-refractivity contribution in [3.05, 3.63) is 60.2 Å². The first-order valence-electron chi connectivity index (χ1n) is 10.5. The number of carbonyl (C=O) groups is 2. The van der Waals surface area contributed by atoms with Crippen LogP contribution in [0.5, 0.6) is 0 Å². The second kappa shape index (κ2) is 12.1. The van der Waals surface area contributed by atoms with Crippen LogP contribution in [-0.2, 0) is 26.2 Å². The Balaban J connectivity index is 2.23. The largest absolute Gasteiger partial charge is 0.326 e. The fourth-order valence-electron chi connectivity index (χ4n) is 2.92. The van der Waals surface area contributed by atoms with Crippen molar-refractivity contribution >= 4 is 33.2 Å². The molecule has 0 radical (unpaired) electrons. The molecule has 9 heteroatoms. The van der Waals surface area contributed by atoms with Crippen LogP contribution in [0.1, 0.15) is 45.6 Å². The molecule has 0 spiro atoms. The van der Waals surface area contributed by atoms with Gasteiger partial charge in [-0.15, -0.1) is 0 Å². The summed E-state index contributed by atoms with van der Waals surface area (Å²) in [4.78, 5) is 23.7. The first-order chi connectivity index (χ1) is 15.2. The van der Waals surface area contributed by atoms with E-state index in [4.69, 9.17) is 0 Å². The van der Waals surface area contributed by atoms with Crippen molar-refractivity contribution in [2.75, 3.05) is 11.9 Å². The lowest BCUT2D eigenvalue weighted by atomic mass is 10.2. The highest BCUT2D eigenvalue weighted by molar-refractivity contribution is 7.89. The molecule has 2 amide bonds. The van der Waals surface area contributed by atoms with Gasteiger partial charge in [0.1, 0.15) is 0 Å². The van der Waals surface area contributed by atoms with Gasteiger partial charge in [-0.05, 0) is 49.6 Å². The Hall–Kier alpha value is -3.04. The zero-order valence-corrected chi connectivity index (χ0v) is 19.5. The molecule has 0 atom stereocenters. The molecule has 0 saturated heterocycles. The average molecular weight is 459 g/mol. The molecule has 2 aromatic rings. The molecule has 2 N–H and O–H groups in total. The van der Waals surface area contributed by atoms with Crippen LogP contribution in [0.3, 0.4) is 0 Å². The highest BCUT2D eigenvalue weighted by Crippen LogP contribution is 2.20. The molecule has 0 bridgehead atoms. The van der Waals surface area contributed by atoms with E-state index in [9.17, 15) is 18.0 Å². The molecule has 0 aliphatic carbocycles. The van der Waals surface area contributed by atoms with Gasteiger partial charge in [0, 0.05) is 24.9 Å². The molecule has 0 aliphatic heterocycles. The predicted octanol–water partition coefficient (Wildman–Crippen LogP) is 3.52. The molecule has 0 heterocycles. The number of nitrogens with one attached hydrogen (secondary N) is 2. The van der Waals surface area contributed by atoms with Gasteiger partial charge in [0.25, 0.3) is 5.91 Å². The molecule has 8 nitrogen and oxygen atoms in total. The first kappa shape index (κ1) is 25.2. The summed E-state index contributed by atoms with van der Waals surface area (Å²) in [5, 5.41) is 6.67. The van der Waals surface area contributed by atoms with Crippen molar-refractivity contribution in [2.45, 2.75) is 51.5 Å². The standard InChI is InChI=1S/C23H30N4O4S/c1-4-5-9-18(2)25-26-23(29)17-27(16-20-10-7-6-8-11-20)32(30,31)22-14-12-21(13-15-22)24-19(3)28/h6-8,10-15H,4-5,9,16-17H2,1-3H3,(H,24,28)(H,26,29)/b25-18-. The van der Waals surface area contributed by atoms with Crippen LogP contribution in [0.15, 0.2) is 64.6 Å². The van der Waals surface area contributed by atoms with Crippen LogP contribution in [-0.4, -0.2) is 36.8 Å². The van der Waals surface area contributed by atoms with Gasteiger partial charge in [0.05, 0.1) is 11.4 Å². The Kier molecular flexibility index (Phi) is 9.55. The zero-order chi connectivity index (χ0) is 23.6. The van der Waals surface area contributed by atoms with Gasteiger partial charge in [0.2, 0.25) is 15.9 Å². The van der Waals surface area contributed by atoms with Gasteiger partial charge < -0.3 is 5.32 Å². The lowest BCUT2D eigenvalue weighted by Gasteiger charge is -2.22. The van der Waals surface area contributed by atoms with Crippen LogP contribution in [0.2, 0.25) is 0 Å². The fraction of sp³-hybridized carbons (Fsp3) is 0.348. The number of hydrogen-bond acceptors (Lipinski definition) is 5. The van der Waals surface area contributed by atoms with E-state index in [1.54, 1.807) is 12.1 Å². The molecule has 0 unspecified atom stereocenters. The minimum Gasteiger partial charge on any atom is -0.326 e. The summed E-state index contributed by atoms with van der Waals surface area (Å²) in [6.07, 6.45) is 2.75. The Morgan fingerprint density at radius 1 is 1.00 bits per heavy atom. The van der Waals surface area contributed by atoms with E-state index >= 15 is 0 Å². The number of hydrazone groups is 1. The van der Waals surface area contributed by atoms with Crippen LogP contribution in [0, 0.1) is 0 Å². The van der Waals surface area contributed by atoms with E-state index in [1.165, 1.54) is 31.2 Å². The third kappa shape index (κ3) is 7.90. The second-order valence-corrected chi connectivity index (χ2v) is 9.39. The summed E-state index contributed by atoms with van der Waals surface area (Å²) in [5.74, 6) is -0.770. The maximum atomic E-state index is 13.3. The predicted molar refractivity (Wildman–Crippen MR) is 126 cm³/mol. The minimum absolute atomic E-state index is 0.0259. The summed E-state index contributed by atoms with van der Waals surface area (Å²) in [6, 6.07) is 14.9. The van der Waals surface area contributed by atoms with Gasteiger partial charge in [-0.2, -0.15) is 9.41 Å². The SMILES string of the molecule is CCCC/C(C)=N\NC(=O)CN(Cc1ccccc1)S(=O)(=O)c1ccc(NC(C)=O)cc1. The van der Waals surface area contributed by atoms with E-state index in [2.05, 4.69) is 22.8 Å². The van der Waals surface area contributed by atoms with Gasteiger partial charge in [-0.1, -0.05) is 43.7 Å². The summed E-state index contributed by atoms with van der Waals surface area (Å²) in [5.41, 5.74) is 4.48. The maximum absolute atomic E-state index is 13.3. The maximum Gasteiger partial charge on any atom is 0.255 e. The van der Waals surface area contributed by atoms with Crippen molar-refractivity contribution in [1.82, 2.24) is 9.73 Å². The molecule has 0 aromatic heterocycles. The number of rotatable bonds is 11. The first-order valence-corrected chi connectivity index (χ1v) is 11.9. The summed E-state index contributed by atoms with van der Waals surface area (Å²) < 4.78 is 27.7. The number of unbranched alkanes of at least 4 members (excludes halogenated alkanes) is 1. The lowest BCUT2D eigenvalue weighted by molar-refractivity contribution is -0.121. The van der Waals surface area contributed by atoms with Gasteiger partial charge in [-0.25, -0.2) is 13.8 Å².